The molecule has 0 radical (unpaired) electrons. The topological polar surface area (TPSA) is 61.4 Å². The highest BCUT2D eigenvalue weighted by Crippen LogP contribution is 2.16. The van der Waals surface area contributed by atoms with E-state index in [1.54, 1.807) is 11.8 Å². The van der Waals surface area contributed by atoms with Crippen molar-refractivity contribution in [2.24, 2.45) is 0 Å². The van der Waals surface area contributed by atoms with Crippen molar-refractivity contribution in [3.63, 3.8) is 0 Å². The fourth-order valence-corrected chi connectivity index (χ4v) is 3.39. The van der Waals surface area contributed by atoms with Crippen LogP contribution in [0.15, 0.2) is 42.5 Å². The number of hydrogen-bond donors (Lipinski definition) is 2. The van der Waals surface area contributed by atoms with E-state index in [2.05, 4.69) is 41.0 Å². The molecular weight excluding hydrogens is 314 g/mol. The summed E-state index contributed by atoms with van der Waals surface area (Å²) in [6, 6.07) is 14.6. The van der Waals surface area contributed by atoms with Gasteiger partial charge >= 0.3 is 6.03 Å². The van der Waals surface area contributed by atoms with Gasteiger partial charge in [-0.3, -0.25) is 4.79 Å². The van der Waals surface area contributed by atoms with Crippen molar-refractivity contribution in [3.05, 3.63) is 48.0 Å². The van der Waals surface area contributed by atoms with Gasteiger partial charge in [0.1, 0.15) is 0 Å². The van der Waals surface area contributed by atoms with E-state index in [1.807, 2.05) is 19.1 Å². The van der Waals surface area contributed by atoms with Gasteiger partial charge in [-0.2, -0.15) is 0 Å². The van der Waals surface area contributed by atoms with Crippen molar-refractivity contribution in [3.8, 4) is 0 Å². The monoisotopic (exact) mass is 339 g/mol. The summed E-state index contributed by atoms with van der Waals surface area (Å²) in [4.78, 5) is 25.3. The molecule has 0 spiro atoms. The van der Waals surface area contributed by atoms with Crippen molar-refractivity contribution in [1.29, 1.82) is 0 Å². The average Bonchev–Trinajstić information content (AvgIpc) is 3.03. The molecule has 1 fully saturated rings. The summed E-state index contributed by atoms with van der Waals surface area (Å²) >= 11 is 0. The van der Waals surface area contributed by atoms with E-state index < -0.39 is 0 Å². The number of urea groups is 1. The smallest absolute Gasteiger partial charge is 0.315 e. The second kappa shape index (κ2) is 7.55. The van der Waals surface area contributed by atoms with Crippen LogP contribution in [0.5, 0.6) is 0 Å². The Hall–Kier alpha value is -2.56. The maximum atomic E-state index is 12.2. The van der Waals surface area contributed by atoms with Crippen molar-refractivity contribution in [2.75, 3.05) is 13.1 Å². The molecule has 0 aromatic heterocycles. The number of carbonyl (C=O) groups is 2. The number of benzene rings is 2. The second-order valence-electron chi connectivity index (χ2n) is 6.86. The Labute approximate surface area is 148 Å². The number of fused-ring (bicyclic) bond motifs is 1. The Morgan fingerprint density at radius 2 is 1.96 bits per heavy atom. The number of nitrogens with zero attached hydrogens (tertiary/aromatic N) is 1. The fourth-order valence-electron chi connectivity index (χ4n) is 3.39. The van der Waals surface area contributed by atoms with E-state index in [0.717, 1.165) is 12.8 Å². The maximum absolute atomic E-state index is 12.2. The lowest BCUT2D eigenvalue weighted by Crippen LogP contribution is -2.47. The standard InChI is InChI=1S/C20H25N3O2/c1-14(11-16-7-8-17-5-3-4-6-18(17)12-16)21-20(25)22-19-9-10-23(13-19)15(2)24/h3-8,12,14,19H,9-11,13H2,1-2H3,(H2,21,22,25)/t14-,19+/m1/s1. The minimum Gasteiger partial charge on any atom is -0.341 e. The molecule has 5 nitrogen and oxygen atoms in total. The van der Waals surface area contributed by atoms with Gasteiger partial charge in [0.2, 0.25) is 5.91 Å². The molecule has 132 valence electrons. The molecule has 5 heteroatoms. The Bertz CT molecular complexity index is 774. The van der Waals surface area contributed by atoms with Crippen molar-refractivity contribution in [2.45, 2.75) is 38.8 Å². The number of hydrogen-bond acceptors (Lipinski definition) is 2. The molecule has 1 aliphatic rings. The highest BCUT2D eigenvalue weighted by molar-refractivity contribution is 5.83. The first kappa shape index (κ1) is 17.3. The van der Waals surface area contributed by atoms with Crippen LogP contribution in [0.1, 0.15) is 25.8 Å². The van der Waals surface area contributed by atoms with E-state index >= 15 is 0 Å². The summed E-state index contributed by atoms with van der Waals surface area (Å²) in [6.45, 7) is 4.88. The summed E-state index contributed by atoms with van der Waals surface area (Å²) in [5.41, 5.74) is 1.20. The van der Waals surface area contributed by atoms with Crippen LogP contribution in [0.3, 0.4) is 0 Å². The molecule has 2 aromatic carbocycles. The molecule has 3 rings (SSSR count). The number of nitrogens with one attached hydrogen (secondary N) is 2. The molecule has 1 heterocycles. The molecule has 2 atom stereocenters. The SMILES string of the molecule is CC(=O)N1CC[C@H](NC(=O)N[C@H](C)Cc2ccc3ccccc3c2)C1. The first-order valence-corrected chi connectivity index (χ1v) is 8.81. The zero-order valence-electron chi connectivity index (χ0n) is 14.8. The van der Waals surface area contributed by atoms with Crippen LogP contribution in [0.2, 0.25) is 0 Å². The van der Waals surface area contributed by atoms with Crippen LogP contribution in [-0.2, 0) is 11.2 Å². The van der Waals surface area contributed by atoms with Gasteiger partial charge in [0, 0.05) is 32.1 Å². The third-order valence-corrected chi connectivity index (χ3v) is 4.70. The number of amides is 3. The van der Waals surface area contributed by atoms with E-state index in [1.165, 1.54) is 16.3 Å². The summed E-state index contributed by atoms with van der Waals surface area (Å²) in [5.74, 6) is 0.0642. The number of carbonyl (C=O) groups excluding carboxylic acids is 2. The van der Waals surface area contributed by atoms with Gasteiger partial charge in [-0.25, -0.2) is 4.79 Å². The average molecular weight is 339 g/mol. The highest BCUT2D eigenvalue weighted by Gasteiger charge is 2.25. The maximum Gasteiger partial charge on any atom is 0.315 e. The van der Waals surface area contributed by atoms with Crippen molar-refractivity contribution >= 4 is 22.7 Å². The zero-order valence-corrected chi connectivity index (χ0v) is 14.8. The molecule has 1 saturated heterocycles. The van der Waals surface area contributed by atoms with Crippen molar-refractivity contribution in [1.82, 2.24) is 15.5 Å². The fraction of sp³-hybridized carbons (Fsp3) is 0.400. The van der Waals surface area contributed by atoms with Crippen LogP contribution in [0.4, 0.5) is 4.79 Å². The van der Waals surface area contributed by atoms with Gasteiger partial charge in [0.05, 0.1) is 0 Å². The van der Waals surface area contributed by atoms with Crippen LogP contribution >= 0.6 is 0 Å². The molecule has 0 aliphatic carbocycles. The number of likely N-dealkylation sites (tertiary alicyclic amines) is 1. The lowest BCUT2D eigenvalue weighted by atomic mass is 10.0. The van der Waals surface area contributed by atoms with Crippen LogP contribution < -0.4 is 10.6 Å². The Morgan fingerprint density at radius 1 is 1.20 bits per heavy atom. The van der Waals surface area contributed by atoms with E-state index in [4.69, 9.17) is 0 Å². The quantitative estimate of drug-likeness (QED) is 0.900. The second-order valence-corrected chi connectivity index (χ2v) is 6.86. The van der Waals surface area contributed by atoms with Gasteiger partial charge < -0.3 is 15.5 Å². The minimum atomic E-state index is -0.163. The molecule has 0 saturated carbocycles. The van der Waals surface area contributed by atoms with Gasteiger partial charge in [0.15, 0.2) is 0 Å². The molecule has 25 heavy (non-hydrogen) atoms. The predicted molar refractivity (Wildman–Crippen MR) is 99.4 cm³/mol. The highest BCUT2D eigenvalue weighted by atomic mass is 16.2. The molecule has 0 unspecified atom stereocenters. The van der Waals surface area contributed by atoms with Gasteiger partial charge in [-0.05, 0) is 36.1 Å². The Balaban J connectivity index is 1.50. The van der Waals surface area contributed by atoms with Crippen LogP contribution in [0.25, 0.3) is 10.8 Å². The normalized spacial score (nSPS) is 18.2. The van der Waals surface area contributed by atoms with E-state index in [9.17, 15) is 9.59 Å². The van der Waals surface area contributed by atoms with Gasteiger partial charge in [0.25, 0.3) is 0 Å². The molecule has 0 bridgehead atoms. The lowest BCUT2D eigenvalue weighted by Gasteiger charge is -2.18. The molecule has 2 N–H and O–H groups in total. The van der Waals surface area contributed by atoms with Crippen LogP contribution in [-0.4, -0.2) is 42.0 Å². The summed E-state index contributed by atoms with van der Waals surface area (Å²) in [6.07, 6.45) is 1.59. The Kier molecular flexibility index (Phi) is 5.22. The number of rotatable bonds is 4. The van der Waals surface area contributed by atoms with Gasteiger partial charge in [-0.15, -0.1) is 0 Å². The first-order valence-electron chi connectivity index (χ1n) is 8.81. The van der Waals surface area contributed by atoms with Gasteiger partial charge in [-0.1, -0.05) is 42.5 Å². The summed E-state index contributed by atoms with van der Waals surface area (Å²) < 4.78 is 0. The Morgan fingerprint density at radius 3 is 2.68 bits per heavy atom. The predicted octanol–water partition coefficient (Wildman–Crippen LogP) is 2.69. The molecular formula is C20H25N3O2. The zero-order chi connectivity index (χ0) is 17.8. The third-order valence-electron chi connectivity index (χ3n) is 4.70. The van der Waals surface area contributed by atoms with Crippen molar-refractivity contribution < 1.29 is 9.59 Å². The summed E-state index contributed by atoms with van der Waals surface area (Å²) in [7, 11) is 0. The van der Waals surface area contributed by atoms with E-state index in [0.29, 0.717) is 13.1 Å². The molecule has 3 amide bonds. The third kappa shape index (κ3) is 4.50. The molecule has 1 aliphatic heterocycles. The largest absolute Gasteiger partial charge is 0.341 e. The lowest BCUT2D eigenvalue weighted by molar-refractivity contribution is -0.127. The van der Waals surface area contributed by atoms with E-state index in [-0.39, 0.29) is 24.0 Å². The summed E-state index contributed by atoms with van der Waals surface area (Å²) in [5, 5.41) is 8.40. The molecule has 2 aromatic rings. The van der Waals surface area contributed by atoms with Crippen LogP contribution in [0, 0.1) is 0 Å². The first-order chi connectivity index (χ1) is 12.0. The minimum absolute atomic E-state index is 0.0338.